The SMILES string of the molecule is O=C(c1cccnc1)N1CCC2(CC1)CN(Cc1cccnc1)C[C@]21CCNC1=O. The fraction of sp³-hybridized carbons (Fsp3) is 0.478. The summed E-state index contributed by atoms with van der Waals surface area (Å²) in [6.07, 6.45) is 9.60. The quantitative estimate of drug-likeness (QED) is 0.841. The highest BCUT2D eigenvalue weighted by atomic mass is 16.2. The van der Waals surface area contributed by atoms with E-state index in [1.807, 2.05) is 23.2 Å². The molecule has 5 rings (SSSR count). The van der Waals surface area contributed by atoms with Crippen LogP contribution in [0.25, 0.3) is 0 Å². The van der Waals surface area contributed by atoms with E-state index in [-0.39, 0.29) is 22.6 Å². The summed E-state index contributed by atoms with van der Waals surface area (Å²) < 4.78 is 0. The van der Waals surface area contributed by atoms with Crippen LogP contribution in [0.5, 0.6) is 0 Å². The first kappa shape index (κ1) is 19.2. The molecule has 156 valence electrons. The lowest BCUT2D eigenvalue weighted by Crippen LogP contribution is -2.53. The molecule has 2 amide bonds. The van der Waals surface area contributed by atoms with E-state index in [0.717, 1.165) is 45.4 Å². The van der Waals surface area contributed by atoms with Gasteiger partial charge in [0.05, 0.1) is 11.0 Å². The molecule has 3 aliphatic rings. The standard InChI is InChI=1S/C23H27N5O2/c29-20(19-4-2-9-25-14-19)28-11-6-22(7-12-28)16-27(15-18-3-1-8-24-13-18)17-23(22)5-10-26-21(23)30/h1-4,8-9,13-14H,5-7,10-12,15-17H2,(H,26,30)/t23-/m0/s1. The van der Waals surface area contributed by atoms with E-state index >= 15 is 0 Å². The van der Waals surface area contributed by atoms with Gasteiger partial charge in [-0.1, -0.05) is 6.07 Å². The number of pyridine rings is 2. The third-order valence-corrected chi connectivity index (χ3v) is 7.35. The van der Waals surface area contributed by atoms with E-state index < -0.39 is 0 Å². The predicted octanol–water partition coefficient (Wildman–Crippen LogP) is 1.72. The van der Waals surface area contributed by atoms with Crippen molar-refractivity contribution in [2.75, 3.05) is 32.7 Å². The lowest BCUT2D eigenvalue weighted by Gasteiger charge is -2.46. The number of carbonyl (C=O) groups is 2. The lowest BCUT2D eigenvalue weighted by molar-refractivity contribution is -0.133. The van der Waals surface area contributed by atoms with E-state index in [4.69, 9.17) is 0 Å². The smallest absolute Gasteiger partial charge is 0.255 e. The summed E-state index contributed by atoms with van der Waals surface area (Å²) in [5.41, 5.74) is 1.37. The number of nitrogens with zero attached hydrogens (tertiary/aromatic N) is 4. The molecule has 1 atom stereocenters. The number of aromatic nitrogens is 2. The van der Waals surface area contributed by atoms with Crippen molar-refractivity contribution in [1.29, 1.82) is 0 Å². The van der Waals surface area contributed by atoms with Gasteiger partial charge in [0.1, 0.15) is 0 Å². The van der Waals surface area contributed by atoms with Gasteiger partial charge in [-0.05, 0) is 43.0 Å². The van der Waals surface area contributed by atoms with Crippen molar-refractivity contribution in [2.24, 2.45) is 10.8 Å². The zero-order valence-corrected chi connectivity index (χ0v) is 17.1. The molecule has 0 aliphatic carbocycles. The van der Waals surface area contributed by atoms with Gasteiger partial charge < -0.3 is 10.2 Å². The van der Waals surface area contributed by atoms with Gasteiger partial charge in [0.25, 0.3) is 5.91 Å². The highest BCUT2D eigenvalue weighted by Gasteiger charge is 2.63. The number of carbonyl (C=O) groups excluding carboxylic acids is 2. The van der Waals surface area contributed by atoms with Crippen LogP contribution in [0.15, 0.2) is 49.1 Å². The molecule has 0 radical (unpaired) electrons. The zero-order valence-electron chi connectivity index (χ0n) is 17.1. The molecule has 1 N–H and O–H groups in total. The third-order valence-electron chi connectivity index (χ3n) is 7.35. The maximum atomic E-state index is 13.1. The van der Waals surface area contributed by atoms with Crippen LogP contribution in [0.3, 0.4) is 0 Å². The van der Waals surface area contributed by atoms with Crippen LogP contribution >= 0.6 is 0 Å². The first-order valence-corrected chi connectivity index (χ1v) is 10.7. The molecule has 2 aromatic heterocycles. The minimum absolute atomic E-state index is 0.0353. The number of rotatable bonds is 3. The molecular formula is C23H27N5O2. The highest BCUT2D eigenvalue weighted by Crippen LogP contribution is 2.56. The molecule has 7 heteroatoms. The molecule has 0 saturated carbocycles. The Labute approximate surface area is 176 Å². The van der Waals surface area contributed by atoms with Crippen LogP contribution in [0.1, 0.15) is 35.2 Å². The summed E-state index contributed by atoms with van der Waals surface area (Å²) in [5, 5.41) is 3.10. The summed E-state index contributed by atoms with van der Waals surface area (Å²) in [6, 6.07) is 7.66. The van der Waals surface area contributed by atoms with Gasteiger partial charge in [-0.3, -0.25) is 24.5 Å². The molecule has 0 unspecified atom stereocenters. The Morgan fingerprint density at radius 3 is 2.43 bits per heavy atom. The van der Waals surface area contributed by atoms with Crippen LogP contribution in [-0.2, 0) is 11.3 Å². The monoisotopic (exact) mass is 405 g/mol. The van der Waals surface area contributed by atoms with Crippen LogP contribution in [0.4, 0.5) is 0 Å². The Hall–Kier alpha value is -2.80. The van der Waals surface area contributed by atoms with Crippen LogP contribution in [0.2, 0.25) is 0 Å². The molecule has 3 saturated heterocycles. The Kier molecular flexibility index (Phi) is 4.77. The van der Waals surface area contributed by atoms with Crippen LogP contribution < -0.4 is 5.32 Å². The average Bonchev–Trinajstić information content (AvgIpc) is 3.30. The van der Waals surface area contributed by atoms with Crippen molar-refractivity contribution in [3.63, 3.8) is 0 Å². The number of hydrogen-bond acceptors (Lipinski definition) is 5. The minimum Gasteiger partial charge on any atom is -0.356 e. The second-order valence-corrected chi connectivity index (χ2v) is 8.91. The number of hydrogen-bond donors (Lipinski definition) is 1. The molecule has 5 heterocycles. The van der Waals surface area contributed by atoms with E-state index in [2.05, 4.69) is 26.3 Å². The Morgan fingerprint density at radius 2 is 1.80 bits per heavy atom. The largest absolute Gasteiger partial charge is 0.356 e. The number of amides is 2. The van der Waals surface area contributed by atoms with Gasteiger partial charge >= 0.3 is 0 Å². The van der Waals surface area contributed by atoms with Crippen molar-refractivity contribution < 1.29 is 9.59 Å². The van der Waals surface area contributed by atoms with Crippen molar-refractivity contribution in [2.45, 2.75) is 25.8 Å². The summed E-state index contributed by atoms with van der Waals surface area (Å²) in [5.74, 6) is 0.233. The molecular weight excluding hydrogens is 378 g/mol. The first-order chi connectivity index (χ1) is 14.6. The van der Waals surface area contributed by atoms with E-state index in [1.165, 1.54) is 5.56 Å². The first-order valence-electron chi connectivity index (χ1n) is 10.7. The average molecular weight is 406 g/mol. The summed E-state index contributed by atoms with van der Waals surface area (Å²) in [6.45, 7) is 4.60. The normalized spacial score (nSPS) is 25.7. The summed E-state index contributed by atoms with van der Waals surface area (Å²) in [7, 11) is 0. The maximum Gasteiger partial charge on any atom is 0.255 e. The Morgan fingerprint density at radius 1 is 1.03 bits per heavy atom. The topological polar surface area (TPSA) is 78.4 Å². The second kappa shape index (κ2) is 7.47. The van der Waals surface area contributed by atoms with Gasteiger partial charge in [0, 0.05) is 69.5 Å². The summed E-state index contributed by atoms with van der Waals surface area (Å²) >= 11 is 0. The van der Waals surface area contributed by atoms with E-state index in [9.17, 15) is 9.59 Å². The number of piperidine rings is 1. The minimum atomic E-state index is -0.349. The number of fused-ring (bicyclic) bond motifs is 1. The highest BCUT2D eigenvalue weighted by molar-refractivity contribution is 5.94. The van der Waals surface area contributed by atoms with Crippen molar-refractivity contribution >= 4 is 11.8 Å². The Bertz CT molecular complexity index is 927. The second-order valence-electron chi connectivity index (χ2n) is 8.91. The molecule has 3 fully saturated rings. The fourth-order valence-corrected chi connectivity index (χ4v) is 5.82. The molecule has 0 bridgehead atoms. The lowest BCUT2D eigenvalue weighted by atomic mass is 9.60. The van der Waals surface area contributed by atoms with Crippen molar-refractivity contribution in [3.8, 4) is 0 Å². The molecule has 2 spiro atoms. The fourth-order valence-electron chi connectivity index (χ4n) is 5.82. The number of likely N-dealkylation sites (tertiary alicyclic amines) is 2. The maximum absolute atomic E-state index is 13.1. The van der Waals surface area contributed by atoms with Crippen LogP contribution in [0, 0.1) is 10.8 Å². The van der Waals surface area contributed by atoms with Gasteiger partial charge in [-0.15, -0.1) is 0 Å². The Balaban J connectivity index is 1.35. The van der Waals surface area contributed by atoms with Crippen molar-refractivity contribution in [3.05, 3.63) is 60.2 Å². The van der Waals surface area contributed by atoms with Gasteiger partial charge in [-0.25, -0.2) is 0 Å². The van der Waals surface area contributed by atoms with Gasteiger partial charge in [0.15, 0.2) is 0 Å². The molecule has 0 aromatic carbocycles. The predicted molar refractivity (Wildman–Crippen MR) is 111 cm³/mol. The van der Waals surface area contributed by atoms with E-state index in [1.54, 1.807) is 24.7 Å². The molecule has 30 heavy (non-hydrogen) atoms. The van der Waals surface area contributed by atoms with Gasteiger partial charge in [0.2, 0.25) is 5.91 Å². The molecule has 2 aromatic rings. The van der Waals surface area contributed by atoms with Gasteiger partial charge in [-0.2, -0.15) is 0 Å². The van der Waals surface area contributed by atoms with Crippen LogP contribution in [-0.4, -0.2) is 64.3 Å². The van der Waals surface area contributed by atoms with E-state index in [0.29, 0.717) is 18.7 Å². The summed E-state index contributed by atoms with van der Waals surface area (Å²) in [4.78, 5) is 38.6. The number of nitrogens with one attached hydrogen (secondary N) is 1. The molecule has 7 nitrogen and oxygen atoms in total. The zero-order chi connectivity index (χ0) is 20.6. The van der Waals surface area contributed by atoms with Crippen molar-refractivity contribution in [1.82, 2.24) is 25.1 Å². The third kappa shape index (κ3) is 3.08. The molecule has 3 aliphatic heterocycles.